The maximum absolute atomic E-state index is 12.2. The summed E-state index contributed by atoms with van der Waals surface area (Å²) < 4.78 is 5.80. The monoisotopic (exact) mass is 397 g/mol. The molecule has 1 N–H and O–H groups in total. The van der Waals surface area contributed by atoms with Crippen LogP contribution in [-0.4, -0.2) is 19.8 Å². The molecule has 0 saturated carbocycles. The van der Waals surface area contributed by atoms with Crippen LogP contribution in [0.3, 0.4) is 0 Å². The zero-order chi connectivity index (χ0) is 17.5. The molecule has 3 aromatic rings. The maximum atomic E-state index is 12.2. The molecule has 0 radical (unpaired) electrons. The number of para-hydroxylation sites is 2. The molecule has 0 aromatic heterocycles. The van der Waals surface area contributed by atoms with E-state index < -0.39 is 0 Å². The molecule has 3 rings (SSSR count). The van der Waals surface area contributed by atoms with Crippen LogP contribution in [0.25, 0.3) is 0 Å². The molecule has 1 atom stereocenters. The van der Waals surface area contributed by atoms with Gasteiger partial charge in [-0.2, -0.15) is 0 Å². The van der Waals surface area contributed by atoms with E-state index in [9.17, 15) is 4.79 Å². The molecule has 0 aliphatic rings. The van der Waals surface area contributed by atoms with Gasteiger partial charge in [0.1, 0.15) is 0 Å². The van der Waals surface area contributed by atoms with Crippen molar-refractivity contribution in [2.45, 2.75) is 11.7 Å². The van der Waals surface area contributed by atoms with Gasteiger partial charge in [-0.15, -0.1) is 0 Å². The van der Waals surface area contributed by atoms with Crippen LogP contribution in [0, 0.1) is 0 Å². The van der Waals surface area contributed by atoms with Crippen molar-refractivity contribution >= 4 is 25.4 Å². The van der Waals surface area contributed by atoms with Crippen LogP contribution in [-0.2, 0) is 0 Å². The molecule has 1 amide bonds. The molecule has 3 nitrogen and oxygen atoms in total. The second-order valence-corrected chi connectivity index (χ2v) is 8.28. The van der Waals surface area contributed by atoms with Gasteiger partial charge in [-0.1, -0.05) is 0 Å². The van der Waals surface area contributed by atoms with Crippen molar-refractivity contribution in [1.82, 2.24) is 0 Å². The molecule has 25 heavy (non-hydrogen) atoms. The zero-order valence-electron chi connectivity index (χ0n) is 13.9. The number of benzene rings is 3. The topological polar surface area (TPSA) is 38.3 Å². The van der Waals surface area contributed by atoms with Crippen molar-refractivity contribution in [2.75, 3.05) is 5.32 Å². The van der Waals surface area contributed by atoms with Crippen molar-refractivity contribution in [2.24, 2.45) is 0 Å². The number of hydrogen-bond acceptors (Lipinski definition) is 2. The van der Waals surface area contributed by atoms with Crippen LogP contribution in [0.2, 0.25) is 0 Å². The first-order valence-corrected chi connectivity index (χ1v) is 9.91. The Morgan fingerprint density at radius 3 is 2.04 bits per heavy atom. The molecule has 0 aliphatic heterocycles. The van der Waals surface area contributed by atoms with Gasteiger partial charge in [0, 0.05) is 0 Å². The van der Waals surface area contributed by atoms with Crippen LogP contribution >= 0.6 is 0 Å². The summed E-state index contributed by atoms with van der Waals surface area (Å²) in [5, 5.41) is 2.95. The number of amides is 1. The molecule has 3 aromatic carbocycles. The quantitative estimate of drug-likeness (QED) is 0.561. The van der Waals surface area contributed by atoms with E-state index in [1.165, 1.54) is 0 Å². The molecule has 0 fully saturated rings. The number of carbonyl (C=O) groups excluding carboxylic acids is 1. The van der Waals surface area contributed by atoms with Gasteiger partial charge in [-0.3, -0.25) is 0 Å². The first kappa shape index (κ1) is 17.3. The fraction of sp³-hybridized carbons (Fsp3) is 0.0952. The third-order valence-electron chi connectivity index (χ3n) is 3.63. The fourth-order valence-corrected chi connectivity index (χ4v) is 3.99. The summed E-state index contributed by atoms with van der Waals surface area (Å²) in [6.07, 6.45) is 0. The van der Waals surface area contributed by atoms with Crippen molar-refractivity contribution in [3.05, 3.63) is 90.5 Å². The summed E-state index contributed by atoms with van der Waals surface area (Å²) in [6, 6.07) is 27.2. The van der Waals surface area contributed by atoms with Gasteiger partial charge < -0.3 is 0 Å². The number of hydrogen-bond donors (Lipinski definition) is 1. The van der Waals surface area contributed by atoms with Gasteiger partial charge in [0.15, 0.2) is 0 Å². The molecular formula is C21H19NO2Se. The van der Waals surface area contributed by atoms with E-state index >= 15 is 0 Å². The van der Waals surface area contributed by atoms with E-state index in [1.807, 2.05) is 84.9 Å². The third kappa shape index (κ3) is 5.21. The third-order valence-corrected chi connectivity index (χ3v) is 5.61. The van der Waals surface area contributed by atoms with Gasteiger partial charge in [-0.25, -0.2) is 0 Å². The molecule has 0 spiro atoms. The predicted molar refractivity (Wildman–Crippen MR) is 103 cm³/mol. The van der Waals surface area contributed by atoms with Crippen LogP contribution in [0.5, 0.6) is 11.5 Å². The van der Waals surface area contributed by atoms with Gasteiger partial charge in [-0.05, 0) is 0 Å². The van der Waals surface area contributed by atoms with Gasteiger partial charge in [0.2, 0.25) is 0 Å². The first-order chi connectivity index (χ1) is 12.2. The number of anilines is 1. The van der Waals surface area contributed by atoms with Crippen LogP contribution < -0.4 is 10.1 Å². The first-order valence-electron chi connectivity index (χ1n) is 8.06. The Kier molecular flexibility index (Phi) is 5.89. The van der Waals surface area contributed by atoms with Crippen molar-refractivity contribution in [1.29, 1.82) is 0 Å². The average Bonchev–Trinajstić information content (AvgIpc) is 2.64. The second kappa shape index (κ2) is 8.52. The number of rotatable bonds is 6. The Balaban J connectivity index is 1.57. The van der Waals surface area contributed by atoms with E-state index in [4.69, 9.17) is 4.74 Å². The van der Waals surface area contributed by atoms with E-state index in [1.54, 1.807) is 0 Å². The van der Waals surface area contributed by atoms with E-state index in [-0.39, 0.29) is 24.6 Å². The number of carbonyl (C=O) groups is 1. The van der Waals surface area contributed by atoms with Crippen molar-refractivity contribution in [3.8, 4) is 11.5 Å². The normalized spacial score (nSPS) is 11.6. The van der Waals surface area contributed by atoms with Crippen molar-refractivity contribution in [3.63, 3.8) is 0 Å². The Hall–Kier alpha value is -2.55. The Labute approximate surface area is 154 Å². The molecule has 4 heteroatoms. The molecule has 0 aliphatic carbocycles. The van der Waals surface area contributed by atoms with E-state index in [2.05, 4.69) is 12.2 Å². The SMILES string of the molecule is CC([Se]C(=O)Nc1ccccc1)c1ccc(Oc2ccccc2)cc1. The summed E-state index contributed by atoms with van der Waals surface area (Å²) in [6.45, 7) is 2.08. The van der Waals surface area contributed by atoms with Gasteiger partial charge in [0.05, 0.1) is 0 Å². The summed E-state index contributed by atoms with van der Waals surface area (Å²) in [4.78, 5) is 12.5. The van der Waals surface area contributed by atoms with Crippen LogP contribution in [0.15, 0.2) is 84.9 Å². The molecule has 0 bridgehead atoms. The van der Waals surface area contributed by atoms with E-state index in [0.717, 1.165) is 22.7 Å². The second-order valence-electron chi connectivity index (χ2n) is 5.52. The van der Waals surface area contributed by atoms with Gasteiger partial charge >= 0.3 is 154 Å². The molecule has 1 unspecified atom stereocenters. The molecule has 126 valence electrons. The number of ether oxygens (including phenoxy) is 1. The molecule has 0 saturated heterocycles. The van der Waals surface area contributed by atoms with Crippen LogP contribution in [0.4, 0.5) is 10.5 Å². The zero-order valence-corrected chi connectivity index (χ0v) is 15.6. The summed E-state index contributed by atoms with van der Waals surface area (Å²) in [5.74, 6) is 1.61. The summed E-state index contributed by atoms with van der Waals surface area (Å²) in [7, 11) is 0. The van der Waals surface area contributed by atoms with E-state index in [0.29, 0.717) is 0 Å². The summed E-state index contributed by atoms with van der Waals surface area (Å²) in [5.41, 5.74) is 1.98. The molecule has 0 heterocycles. The van der Waals surface area contributed by atoms with Gasteiger partial charge in [0.25, 0.3) is 0 Å². The summed E-state index contributed by atoms with van der Waals surface area (Å²) >= 11 is -0.183. The number of nitrogens with one attached hydrogen (secondary N) is 1. The Morgan fingerprint density at radius 1 is 0.840 bits per heavy atom. The Bertz CT molecular complexity index is 804. The van der Waals surface area contributed by atoms with Crippen LogP contribution in [0.1, 0.15) is 17.3 Å². The fourth-order valence-electron chi connectivity index (χ4n) is 2.33. The Morgan fingerprint density at radius 2 is 1.40 bits per heavy atom. The minimum atomic E-state index is -0.183. The van der Waals surface area contributed by atoms with Crippen molar-refractivity contribution < 1.29 is 9.53 Å². The predicted octanol–water partition coefficient (Wildman–Crippen LogP) is 5.48. The standard InChI is InChI=1S/C21H19NO2Se/c1-16(25-21(23)22-18-8-4-2-5-9-18)17-12-14-20(15-13-17)24-19-10-6-3-7-11-19/h2-16H,1H3,(H,22,23). The molecular weight excluding hydrogens is 377 g/mol. The average molecular weight is 396 g/mol. The minimum absolute atomic E-state index is 0.0795.